The maximum Gasteiger partial charge on any atom is 0.268 e. The standard InChI is InChI=1S/C52H103N2O6P/c1-6-8-10-12-14-16-18-19-20-21-22-23-24-25-26-27-28-29-30-31-32-33-34-35-36-38-40-42-44-46-52(56)53-50(49-60-61(57,58)59-48-47-54(3,4)5)51(55)45-43-41-39-37-17-15-13-11-9-7-2/h18-19,21-22,50-51,55H,6-17,20,23-49H2,1-5H3,(H-,53,56,57,58)/b19-18-,22-21-. The van der Waals surface area contributed by atoms with Gasteiger partial charge in [-0.15, -0.1) is 0 Å². The summed E-state index contributed by atoms with van der Waals surface area (Å²) in [7, 11) is 1.31. The van der Waals surface area contributed by atoms with Crippen LogP contribution in [-0.4, -0.2) is 68.5 Å². The minimum atomic E-state index is -4.56. The molecule has 0 aromatic heterocycles. The number of carbonyl (C=O) groups excluding carboxylic acids is 1. The number of quaternary nitrogens is 1. The molecular formula is C52H103N2O6P. The van der Waals surface area contributed by atoms with E-state index in [1.807, 2.05) is 21.1 Å². The van der Waals surface area contributed by atoms with Crippen LogP contribution in [0.2, 0.25) is 0 Å². The van der Waals surface area contributed by atoms with E-state index >= 15 is 0 Å². The predicted octanol–water partition coefficient (Wildman–Crippen LogP) is 14.6. The van der Waals surface area contributed by atoms with Crippen LogP contribution in [0.4, 0.5) is 0 Å². The third-order valence-corrected chi connectivity index (χ3v) is 12.9. The molecule has 3 atom stereocenters. The third-order valence-electron chi connectivity index (χ3n) is 11.9. The van der Waals surface area contributed by atoms with Crippen molar-refractivity contribution in [2.75, 3.05) is 40.9 Å². The zero-order valence-corrected chi connectivity index (χ0v) is 42.0. The van der Waals surface area contributed by atoms with Gasteiger partial charge in [-0.2, -0.15) is 0 Å². The van der Waals surface area contributed by atoms with Crippen LogP contribution in [-0.2, 0) is 18.4 Å². The highest BCUT2D eigenvalue weighted by molar-refractivity contribution is 7.45. The molecule has 0 saturated carbocycles. The Balaban J connectivity index is 4.00. The number of phosphoric ester groups is 1. The molecule has 2 N–H and O–H groups in total. The van der Waals surface area contributed by atoms with Crippen molar-refractivity contribution in [1.29, 1.82) is 0 Å². The van der Waals surface area contributed by atoms with Gasteiger partial charge in [-0.25, -0.2) is 0 Å². The number of phosphoric acid groups is 1. The molecule has 0 bridgehead atoms. The molecule has 0 saturated heterocycles. The fourth-order valence-corrected chi connectivity index (χ4v) is 8.50. The predicted molar refractivity (Wildman–Crippen MR) is 261 cm³/mol. The van der Waals surface area contributed by atoms with Crippen LogP contribution >= 0.6 is 7.82 Å². The van der Waals surface area contributed by atoms with Crippen LogP contribution in [0.25, 0.3) is 0 Å². The molecule has 362 valence electrons. The van der Waals surface area contributed by atoms with Crippen molar-refractivity contribution in [3.05, 3.63) is 24.3 Å². The average Bonchev–Trinajstić information content (AvgIpc) is 3.21. The first kappa shape index (κ1) is 60.0. The summed E-state index contributed by atoms with van der Waals surface area (Å²) in [4.78, 5) is 25.4. The van der Waals surface area contributed by atoms with E-state index in [4.69, 9.17) is 9.05 Å². The van der Waals surface area contributed by atoms with Gasteiger partial charge in [-0.1, -0.05) is 224 Å². The lowest BCUT2D eigenvalue weighted by Crippen LogP contribution is -2.46. The molecule has 0 spiro atoms. The molecule has 1 amide bonds. The van der Waals surface area contributed by atoms with Crippen LogP contribution in [0.1, 0.15) is 251 Å². The summed E-state index contributed by atoms with van der Waals surface area (Å²) >= 11 is 0. The zero-order chi connectivity index (χ0) is 45.0. The van der Waals surface area contributed by atoms with Gasteiger partial charge in [-0.3, -0.25) is 9.36 Å². The van der Waals surface area contributed by atoms with E-state index in [9.17, 15) is 19.4 Å². The zero-order valence-electron chi connectivity index (χ0n) is 41.1. The summed E-state index contributed by atoms with van der Waals surface area (Å²) in [6.45, 7) is 4.71. The Morgan fingerprint density at radius 3 is 1.36 bits per heavy atom. The van der Waals surface area contributed by atoms with Gasteiger partial charge in [0.25, 0.3) is 7.82 Å². The van der Waals surface area contributed by atoms with Crippen molar-refractivity contribution in [2.24, 2.45) is 0 Å². The summed E-state index contributed by atoms with van der Waals surface area (Å²) in [5.74, 6) is -0.164. The first-order chi connectivity index (χ1) is 29.5. The van der Waals surface area contributed by atoms with Crippen molar-refractivity contribution >= 4 is 13.7 Å². The summed E-state index contributed by atoms with van der Waals surface area (Å²) in [5, 5.41) is 13.9. The minimum Gasteiger partial charge on any atom is -0.756 e. The number of amides is 1. The molecule has 3 unspecified atom stereocenters. The fraction of sp³-hybridized carbons (Fsp3) is 0.904. The lowest BCUT2D eigenvalue weighted by atomic mass is 10.0. The Bertz CT molecular complexity index is 1050. The number of hydrogen-bond acceptors (Lipinski definition) is 6. The van der Waals surface area contributed by atoms with Gasteiger partial charge in [0.2, 0.25) is 5.91 Å². The van der Waals surface area contributed by atoms with Gasteiger partial charge in [0.15, 0.2) is 0 Å². The Morgan fingerprint density at radius 1 is 0.574 bits per heavy atom. The number of carbonyl (C=O) groups is 1. The molecule has 0 aromatic rings. The number of hydrogen-bond donors (Lipinski definition) is 2. The second-order valence-corrected chi connectivity index (χ2v) is 20.6. The molecule has 0 heterocycles. The second-order valence-electron chi connectivity index (χ2n) is 19.2. The minimum absolute atomic E-state index is 0.0138. The number of nitrogens with zero attached hydrogens (tertiary/aromatic N) is 1. The van der Waals surface area contributed by atoms with Crippen LogP contribution < -0.4 is 10.2 Å². The van der Waals surface area contributed by atoms with E-state index in [2.05, 4.69) is 43.5 Å². The number of likely N-dealkylation sites (N-methyl/N-ethyl adjacent to an activating group) is 1. The fourth-order valence-electron chi connectivity index (χ4n) is 7.78. The Kier molecular flexibility index (Phi) is 43.5. The van der Waals surface area contributed by atoms with Gasteiger partial charge in [-0.05, 0) is 44.9 Å². The molecule has 0 aliphatic rings. The van der Waals surface area contributed by atoms with Crippen molar-refractivity contribution < 1.29 is 32.9 Å². The third kappa shape index (κ3) is 46.8. The van der Waals surface area contributed by atoms with E-state index in [1.54, 1.807) is 0 Å². The maximum atomic E-state index is 12.9. The van der Waals surface area contributed by atoms with E-state index in [-0.39, 0.29) is 19.1 Å². The molecule has 0 aliphatic heterocycles. The Labute approximate surface area is 379 Å². The van der Waals surface area contributed by atoms with E-state index in [0.29, 0.717) is 23.9 Å². The SMILES string of the molecule is CCCCCCC/C=C\C/C=C\CCCCCCCCCCCCCCCCCCCC(=O)NC(COP(=O)([O-])OCC[N+](C)(C)C)C(O)CCCCCCCCCCCC. The summed E-state index contributed by atoms with van der Waals surface area (Å²) in [5.41, 5.74) is 0. The summed E-state index contributed by atoms with van der Waals surface area (Å²) in [6.07, 6.45) is 53.5. The lowest BCUT2D eigenvalue weighted by molar-refractivity contribution is -0.870. The number of rotatable bonds is 48. The molecule has 0 aliphatic carbocycles. The van der Waals surface area contributed by atoms with Crippen molar-refractivity contribution in [2.45, 2.75) is 264 Å². The van der Waals surface area contributed by atoms with Crippen LogP contribution in [0.15, 0.2) is 24.3 Å². The molecule has 0 rings (SSSR count). The highest BCUT2D eigenvalue weighted by Crippen LogP contribution is 2.38. The van der Waals surface area contributed by atoms with Gasteiger partial charge >= 0.3 is 0 Å². The maximum absolute atomic E-state index is 12.9. The van der Waals surface area contributed by atoms with Gasteiger partial charge < -0.3 is 28.8 Å². The smallest absolute Gasteiger partial charge is 0.268 e. The summed E-state index contributed by atoms with van der Waals surface area (Å²) < 4.78 is 23.3. The van der Waals surface area contributed by atoms with Crippen molar-refractivity contribution in [3.8, 4) is 0 Å². The molecule has 0 radical (unpaired) electrons. The second kappa shape index (κ2) is 44.2. The topological polar surface area (TPSA) is 108 Å². The van der Waals surface area contributed by atoms with Gasteiger partial charge in [0.05, 0.1) is 39.9 Å². The van der Waals surface area contributed by atoms with Crippen LogP contribution in [0, 0.1) is 0 Å². The number of aliphatic hydroxyl groups excluding tert-OH is 1. The quantitative estimate of drug-likeness (QED) is 0.0273. The van der Waals surface area contributed by atoms with Gasteiger partial charge in [0, 0.05) is 6.42 Å². The van der Waals surface area contributed by atoms with Crippen molar-refractivity contribution in [3.63, 3.8) is 0 Å². The molecule has 0 aromatic carbocycles. The van der Waals surface area contributed by atoms with Crippen LogP contribution in [0.3, 0.4) is 0 Å². The first-order valence-corrected chi connectivity index (χ1v) is 27.6. The number of nitrogens with one attached hydrogen (secondary N) is 1. The van der Waals surface area contributed by atoms with E-state index in [0.717, 1.165) is 44.9 Å². The number of allylic oxidation sites excluding steroid dienone is 4. The normalized spacial score (nSPS) is 14.3. The van der Waals surface area contributed by atoms with Crippen molar-refractivity contribution in [1.82, 2.24) is 5.32 Å². The van der Waals surface area contributed by atoms with Gasteiger partial charge in [0.1, 0.15) is 13.2 Å². The Hall–Kier alpha value is -1.02. The van der Waals surface area contributed by atoms with Crippen LogP contribution in [0.5, 0.6) is 0 Å². The highest BCUT2D eigenvalue weighted by atomic mass is 31.2. The Morgan fingerprint density at radius 2 is 0.951 bits per heavy atom. The molecule has 9 heteroatoms. The van der Waals surface area contributed by atoms with E-state index in [1.165, 1.54) is 180 Å². The molecule has 61 heavy (non-hydrogen) atoms. The molecule has 8 nitrogen and oxygen atoms in total. The number of unbranched alkanes of at least 4 members (excludes halogenated alkanes) is 31. The molecular weight excluding hydrogens is 780 g/mol. The number of aliphatic hydroxyl groups is 1. The van der Waals surface area contributed by atoms with E-state index < -0.39 is 20.0 Å². The first-order valence-electron chi connectivity index (χ1n) is 26.2. The summed E-state index contributed by atoms with van der Waals surface area (Å²) in [6, 6.07) is -0.796. The molecule has 0 fully saturated rings. The lowest BCUT2D eigenvalue weighted by Gasteiger charge is -2.30. The monoisotopic (exact) mass is 883 g/mol. The average molecular weight is 883 g/mol. The largest absolute Gasteiger partial charge is 0.756 e. The highest BCUT2D eigenvalue weighted by Gasteiger charge is 2.24.